The third kappa shape index (κ3) is 3.05. The Morgan fingerprint density at radius 3 is 2.77 bits per heavy atom. The fraction of sp³-hybridized carbons (Fsp3) is 0.412. The van der Waals surface area contributed by atoms with Crippen LogP contribution in [0.15, 0.2) is 17.5 Å². The molecule has 4 nitrogen and oxygen atoms in total. The number of nitrogens with zero attached hydrogens (tertiary/aromatic N) is 1. The van der Waals surface area contributed by atoms with Gasteiger partial charge in [-0.25, -0.2) is 4.98 Å². The van der Waals surface area contributed by atoms with Crippen LogP contribution in [0.25, 0.3) is 11.3 Å². The summed E-state index contributed by atoms with van der Waals surface area (Å²) in [7, 11) is 0. The molecule has 2 heterocycles. The zero-order chi connectivity index (χ0) is 15.7. The van der Waals surface area contributed by atoms with Gasteiger partial charge in [0.15, 0.2) is 5.13 Å². The number of amides is 1. The molecule has 1 aromatic carbocycles. The quantitative estimate of drug-likeness (QED) is 0.935. The average molecular weight is 316 g/mol. The van der Waals surface area contributed by atoms with Crippen LogP contribution in [0.4, 0.5) is 5.13 Å². The van der Waals surface area contributed by atoms with Crippen LogP contribution in [-0.2, 0) is 9.53 Å². The monoisotopic (exact) mass is 316 g/mol. The molecule has 116 valence electrons. The number of aromatic nitrogens is 1. The third-order valence-corrected chi connectivity index (χ3v) is 4.83. The summed E-state index contributed by atoms with van der Waals surface area (Å²) in [5, 5.41) is 5.48. The van der Waals surface area contributed by atoms with E-state index in [0.717, 1.165) is 24.1 Å². The minimum absolute atomic E-state index is 0.0878. The highest BCUT2D eigenvalue weighted by molar-refractivity contribution is 7.14. The summed E-state index contributed by atoms with van der Waals surface area (Å²) in [5.41, 5.74) is 5.76. The van der Waals surface area contributed by atoms with Gasteiger partial charge in [-0.15, -0.1) is 11.3 Å². The van der Waals surface area contributed by atoms with Crippen LogP contribution in [0.2, 0.25) is 0 Å². The lowest BCUT2D eigenvalue weighted by atomic mass is 9.99. The summed E-state index contributed by atoms with van der Waals surface area (Å²) in [6.07, 6.45) is 1.42. The van der Waals surface area contributed by atoms with Gasteiger partial charge in [0, 0.05) is 17.6 Å². The number of aryl methyl sites for hydroxylation is 3. The molecule has 1 atom stereocenters. The Morgan fingerprint density at radius 2 is 2.05 bits per heavy atom. The van der Waals surface area contributed by atoms with Gasteiger partial charge in [-0.2, -0.15) is 0 Å². The van der Waals surface area contributed by atoms with E-state index in [1.54, 1.807) is 0 Å². The Balaban J connectivity index is 1.79. The molecule has 1 N–H and O–H groups in total. The summed E-state index contributed by atoms with van der Waals surface area (Å²) >= 11 is 1.45. The van der Waals surface area contributed by atoms with Crippen molar-refractivity contribution in [3.05, 3.63) is 34.2 Å². The molecule has 1 aliphatic rings. The largest absolute Gasteiger partial charge is 0.368 e. The first-order chi connectivity index (χ1) is 10.5. The van der Waals surface area contributed by atoms with Crippen LogP contribution in [-0.4, -0.2) is 23.6 Å². The van der Waals surface area contributed by atoms with Gasteiger partial charge in [-0.05, 0) is 56.4 Å². The number of thiazole rings is 1. The van der Waals surface area contributed by atoms with Crippen molar-refractivity contribution in [2.45, 2.75) is 39.7 Å². The maximum absolute atomic E-state index is 12.1. The molecule has 0 bridgehead atoms. The van der Waals surface area contributed by atoms with E-state index in [9.17, 15) is 4.79 Å². The van der Waals surface area contributed by atoms with E-state index in [-0.39, 0.29) is 12.0 Å². The molecule has 1 saturated heterocycles. The molecule has 1 aromatic heterocycles. The molecule has 1 unspecified atom stereocenters. The number of carbonyl (C=O) groups is 1. The normalized spacial score (nSPS) is 17.7. The van der Waals surface area contributed by atoms with Crippen LogP contribution in [0.1, 0.15) is 29.5 Å². The second kappa shape index (κ2) is 6.18. The number of carbonyl (C=O) groups excluding carboxylic acids is 1. The predicted molar refractivity (Wildman–Crippen MR) is 89.4 cm³/mol. The van der Waals surface area contributed by atoms with Gasteiger partial charge >= 0.3 is 0 Å². The highest BCUT2D eigenvalue weighted by Gasteiger charge is 2.24. The van der Waals surface area contributed by atoms with E-state index in [4.69, 9.17) is 4.74 Å². The molecule has 5 heteroatoms. The summed E-state index contributed by atoms with van der Waals surface area (Å²) in [4.78, 5) is 16.6. The number of anilines is 1. The SMILES string of the molecule is Cc1cc(C)c(-c2csc(NC(=O)C3CCCO3)n2)cc1C. The Bertz CT molecular complexity index is 703. The third-order valence-electron chi connectivity index (χ3n) is 4.07. The first kappa shape index (κ1) is 15.2. The van der Waals surface area contributed by atoms with Crippen LogP contribution >= 0.6 is 11.3 Å². The summed E-state index contributed by atoms with van der Waals surface area (Å²) < 4.78 is 5.39. The lowest BCUT2D eigenvalue weighted by molar-refractivity contribution is -0.124. The Hall–Kier alpha value is -1.72. The number of rotatable bonds is 3. The van der Waals surface area contributed by atoms with E-state index < -0.39 is 0 Å². The molecular formula is C17H20N2O2S. The van der Waals surface area contributed by atoms with Gasteiger partial charge in [-0.3, -0.25) is 10.1 Å². The van der Waals surface area contributed by atoms with E-state index >= 15 is 0 Å². The van der Waals surface area contributed by atoms with Gasteiger partial charge in [0.1, 0.15) is 6.10 Å². The van der Waals surface area contributed by atoms with Crippen LogP contribution in [0.5, 0.6) is 0 Å². The Kier molecular flexibility index (Phi) is 4.27. The van der Waals surface area contributed by atoms with Gasteiger partial charge in [-0.1, -0.05) is 6.07 Å². The molecule has 1 fully saturated rings. The van der Waals surface area contributed by atoms with E-state index in [0.29, 0.717) is 11.7 Å². The summed E-state index contributed by atoms with van der Waals surface area (Å²) in [5.74, 6) is -0.0878. The second-order valence-corrected chi connectivity index (χ2v) is 6.64. The van der Waals surface area contributed by atoms with E-state index in [2.05, 4.69) is 43.2 Å². The zero-order valence-corrected chi connectivity index (χ0v) is 13.9. The fourth-order valence-corrected chi connectivity index (χ4v) is 3.38. The minimum Gasteiger partial charge on any atom is -0.368 e. The molecule has 3 rings (SSSR count). The van der Waals surface area contributed by atoms with Gasteiger partial charge < -0.3 is 4.74 Å². The maximum Gasteiger partial charge on any atom is 0.255 e. The molecule has 22 heavy (non-hydrogen) atoms. The number of hydrogen-bond donors (Lipinski definition) is 1. The van der Waals surface area contributed by atoms with Gasteiger partial charge in [0.05, 0.1) is 5.69 Å². The average Bonchev–Trinajstić information content (AvgIpc) is 3.14. The van der Waals surface area contributed by atoms with Crippen LogP contribution in [0, 0.1) is 20.8 Å². The molecule has 2 aromatic rings. The van der Waals surface area contributed by atoms with Crippen LogP contribution < -0.4 is 5.32 Å². The topological polar surface area (TPSA) is 51.2 Å². The molecule has 0 radical (unpaired) electrons. The number of benzene rings is 1. The lowest BCUT2D eigenvalue weighted by Gasteiger charge is -2.08. The number of hydrogen-bond acceptors (Lipinski definition) is 4. The van der Waals surface area contributed by atoms with Crippen molar-refractivity contribution >= 4 is 22.4 Å². The van der Waals surface area contributed by atoms with Crippen molar-refractivity contribution in [2.24, 2.45) is 0 Å². The van der Waals surface area contributed by atoms with E-state index in [1.807, 2.05) is 5.38 Å². The number of ether oxygens (including phenoxy) is 1. The van der Waals surface area contributed by atoms with Crippen molar-refractivity contribution in [3.8, 4) is 11.3 Å². The molecule has 1 amide bonds. The predicted octanol–water partition coefficient (Wildman–Crippen LogP) is 3.85. The molecule has 0 saturated carbocycles. The highest BCUT2D eigenvalue weighted by atomic mass is 32.1. The van der Waals surface area contributed by atoms with Crippen molar-refractivity contribution in [2.75, 3.05) is 11.9 Å². The van der Waals surface area contributed by atoms with Crippen molar-refractivity contribution in [1.82, 2.24) is 4.98 Å². The maximum atomic E-state index is 12.1. The lowest BCUT2D eigenvalue weighted by Crippen LogP contribution is -2.26. The first-order valence-corrected chi connectivity index (χ1v) is 8.39. The summed E-state index contributed by atoms with van der Waals surface area (Å²) in [6, 6.07) is 4.33. The summed E-state index contributed by atoms with van der Waals surface area (Å²) in [6.45, 7) is 6.97. The van der Waals surface area contributed by atoms with Crippen LogP contribution in [0.3, 0.4) is 0 Å². The zero-order valence-electron chi connectivity index (χ0n) is 13.1. The Morgan fingerprint density at radius 1 is 1.27 bits per heavy atom. The molecule has 1 aliphatic heterocycles. The Labute approximate surface area is 134 Å². The highest BCUT2D eigenvalue weighted by Crippen LogP contribution is 2.29. The molecule has 0 aliphatic carbocycles. The van der Waals surface area contributed by atoms with Crippen molar-refractivity contribution in [3.63, 3.8) is 0 Å². The molecular weight excluding hydrogens is 296 g/mol. The smallest absolute Gasteiger partial charge is 0.255 e. The van der Waals surface area contributed by atoms with Crippen molar-refractivity contribution < 1.29 is 9.53 Å². The van der Waals surface area contributed by atoms with E-state index in [1.165, 1.54) is 28.0 Å². The molecule has 0 spiro atoms. The standard InChI is InChI=1S/C17H20N2O2S/c1-10-7-12(3)13(8-11(10)2)14-9-22-17(18-14)19-16(20)15-5-4-6-21-15/h7-9,15H,4-6H2,1-3H3,(H,18,19,20). The first-order valence-electron chi connectivity index (χ1n) is 7.51. The fourth-order valence-electron chi connectivity index (χ4n) is 2.66. The van der Waals surface area contributed by atoms with Gasteiger partial charge in [0.25, 0.3) is 5.91 Å². The number of nitrogens with one attached hydrogen (secondary N) is 1. The van der Waals surface area contributed by atoms with Gasteiger partial charge in [0.2, 0.25) is 0 Å². The van der Waals surface area contributed by atoms with Crippen molar-refractivity contribution in [1.29, 1.82) is 0 Å². The minimum atomic E-state index is -0.323. The second-order valence-electron chi connectivity index (χ2n) is 5.78.